The zero-order chi connectivity index (χ0) is 20.1. The molecular formula is C19H18BrN3O4S. The molecule has 2 heterocycles. The molecule has 3 aromatic rings. The lowest BCUT2D eigenvalue weighted by Crippen LogP contribution is -2.39. The third kappa shape index (κ3) is 4.86. The lowest BCUT2D eigenvalue weighted by Gasteiger charge is -2.21. The normalized spacial score (nSPS) is 13.0. The number of ether oxygens (including phenoxy) is 2. The summed E-state index contributed by atoms with van der Waals surface area (Å²) in [5.41, 5.74) is -0.718. The van der Waals surface area contributed by atoms with Gasteiger partial charge in [0.05, 0.1) is 5.69 Å². The van der Waals surface area contributed by atoms with Gasteiger partial charge in [-0.2, -0.15) is 0 Å². The molecule has 28 heavy (non-hydrogen) atoms. The Bertz CT molecular complexity index is 967. The molecule has 9 heteroatoms. The van der Waals surface area contributed by atoms with Gasteiger partial charge in [-0.15, -0.1) is 11.3 Å². The van der Waals surface area contributed by atoms with Crippen LogP contribution in [0.1, 0.15) is 12.6 Å². The minimum Gasteiger partial charge on any atom is -0.479 e. The zero-order valence-electron chi connectivity index (χ0n) is 15.2. The summed E-state index contributed by atoms with van der Waals surface area (Å²) in [5, 5.41) is 14.8. The number of para-hydroxylation sites is 1. The van der Waals surface area contributed by atoms with E-state index in [0.717, 1.165) is 4.47 Å². The Morgan fingerprint density at radius 3 is 2.79 bits per heavy atom. The highest BCUT2D eigenvalue weighted by atomic mass is 79.9. The average Bonchev–Trinajstić information content (AvgIpc) is 3.11. The molecule has 0 aliphatic heterocycles. The number of rotatable bonds is 8. The summed E-state index contributed by atoms with van der Waals surface area (Å²) in [6, 6.07) is 11.2. The van der Waals surface area contributed by atoms with Crippen LogP contribution in [0.4, 0.5) is 10.9 Å². The van der Waals surface area contributed by atoms with Crippen molar-refractivity contribution in [3.8, 4) is 11.5 Å². The van der Waals surface area contributed by atoms with Crippen molar-refractivity contribution in [3.63, 3.8) is 0 Å². The fourth-order valence-corrected chi connectivity index (χ4v) is 3.36. The van der Waals surface area contributed by atoms with Gasteiger partial charge in [0, 0.05) is 35.6 Å². The van der Waals surface area contributed by atoms with E-state index in [9.17, 15) is 9.90 Å². The molecule has 146 valence electrons. The number of aromatic nitrogens is 2. The van der Waals surface area contributed by atoms with E-state index in [1.54, 1.807) is 11.6 Å². The fraction of sp³-hybridized carbons (Fsp3) is 0.211. The topological polar surface area (TPSA) is 93.6 Å². The minimum atomic E-state index is -1.33. The van der Waals surface area contributed by atoms with E-state index in [1.807, 2.05) is 36.4 Å². The Balaban J connectivity index is 1.79. The van der Waals surface area contributed by atoms with Gasteiger partial charge >= 0.3 is 5.97 Å². The van der Waals surface area contributed by atoms with Gasteiger partial charge in [-0.3, -0.25) is 0 Å². The van der Waals surface area contributed by atoms with Crippen LogP contribution in [0.3, 0.4) is 0 Å². The molecule has 0 spiro atoms. The van der Waals surface area contributed by atoms with Crippen molar-refractivity contribution in [1.82, 2.24) is 9.97 Å². The lowest BCUT2D eigenvalue weighted by molar-refractivity contribution is -0.160. The summed E-state index contributed by atoms with van der Waals surface area (Å²) in [6.45, 7) is 1.52. The monoisotopic (exact) mass is 463 g/mol. The van der Waals surface area contributed by atoms with Crippen LogP contribution in [0.15, 0.2) is 52.4 Å². The maximum absolute atomic E-state index is 11.4. The van der Waals surface area contributed by atoms with Crippen molar-refractivity contribution >= 4 is 44.2 Å². The molecule has 0 radical (unpaired) electrons. The molecule has 1 atom stereocenters. The van der Waals surface area contributed by atoms with Crippen LogP contribution in [0, 0.1) is 0 Å². The number of methoxy groups -OCH3 is 1. The highest BCUT2D eigenvalue weighted by Gasteiger charge is 2.34. The quantitative estimate of drug-likeness (QED) is 0.491. The Labute approximate surface area is 174 Å². The first-order chi connectivity index (χ1) is 13.4. The van der Waals surface area contributed by atoms with Crippen molar-refractivity contribution in [2.75, 3.05) is 12.4 Å². The van der Waals surface area contributed by atoms with Crippen molar-refractivity contribution in [1.29, 1.82) is 0 Å². The van der Waals surface area contributed by atoms with Crippen LogP contribution in [-0.2, 0) is 16.0 Å². The van der Waals surface area contributed by atoms with Gasteiger partial charge < -0.3 is 19.9 Å². The zero-order valence-corrected chi connectivity index (χ0v) is 17.6. The summed E-state index contributed by atoms with van der Waals surface area (Å²) in [7, 11) is 1.37. The number of pyridine rings is 1. The first-order valence-electron chi connectivity index (χ1n) is 8.28. The van der Waals surface area contributed by atoms with Crippen molar-refractivity contribution in [2.24, 2.45) is 0 Å². The minimum absolute atomic E-state index is 0.151. The molecule has 0 bridgehead atoms. The van der Waals surface area contributed by atoms with Gasteiger partial charge in [0.1, 0.15) is 5.75 Å². The number of carboxylic acids is 1. The Kier molecular flexibility index (Phi) is 6.28. The van der Waals surface area contributed by atoms with Gasteiger partial charge in [-0.25, -0.2) is 14.8 Å². The van der Waals surface area contributed by atoms with E-state index in [2.05, 4.69) is 31.2 Å². The molecule has 0 fully saturated rings. The average molecular weight is 464 g/mol. The molecule has 2 aromatic heterocycles. The van der Waals surface area contributed by atoms with Crippen molar-refractivity contribution in [3.05, 3.63) is 58.1 Å². The number of thiazole rings is 1. The second kappa shape index (κ2) is 8.68. The smallest absolute Gasteiger partial charge is 0.336 e. The van der Waals surface area contributed by atoms with Gasteiger partial charge in [-0.05, 0) is 35.0 Å². The standard InChI is InChI=1S/C19H18BrN3O4S/c1-19(26-2,17(24)25)9-13-11-28-18(22-13)23-16-15(8-12(20)10-21-16)27-14-6-4-3-5-7-14/h3-8,10-11H,9H2,1-2H3,(H,24,25)(H,21,22,23). The SMILES string of the molecule is COC(C)(Cc1csc(Nc2ncc(Br)cc2Oc2ccccc2)n1)C(=O)O. The number of anilines is 2. The summed E-state index contributed by atoms with van der Waals surface area (Å²) in [4.78, 5) is 20.2. The fourth-order valence-electron chi connectivity index (χ4n) is 2.34. The van der Waals surface area contributed by atoms with E-state index < -0.39 is 11.6 Å². The van der Waals surface area contributed by atoms with Gasteiger partial charge in [-0.1, -0.05) is 18.2 Å². The van der Waals surface area contributed by atoms with Gasteiger partial charge in [0.25, 0.3) is 0 Å². The maximum Gasteiger partial charge on any atom is 0.336 e. The molecule has 0 saturated heterocycles. The summed E-state index contributed by atoms with van der Waals surface area (Å²) in [6.07, 6.45) is 1.80. The highest BCUT2D eigenvalue weighted by molar-refractivity contribution is 9.10. The molecule has 0 aliphatic rings. The highest BCUT2D eigenvalue weighted by Crippen LogP contribution is 2.33. The van der Waals surface area contributed by atoms with Crippen LogP contribution in [0.2, 0.25) is 0 Å². The largest absolute Gasteiger partial charge is 0.479 e. The van der Waals surface area contributed by atoms with Crippen LogP contribution in [-0.4, -0.2) is 33.8 Å². The number of benzene rings is 1. The van der Waals surface area contributed by atoms with Gasteiger partial charge in [0.2, 0.25) is 0 Å². The Morgan fingerprint density at radius 1 is 1.36 bits per heavy atom. The third-order valence-electron chi connectivity index (χ3n) is 3.99. The Morgan fingerprint density at radius 2 is 2.11 bits per heavy atom. The van der Waals surface area contributed by atoms with E-state index >= 15 is 0 Å². The maximum atomic E-state index is 11.4. The molecule has 0 aliphatic carbocycles. The summed E-state index contributed by atoms with van der Waals surface area (Å²) < 4.78 is 11.8. The third-order valence-corrected chi connectivity index (χ3v) is 5.23. The number of aliphatic carboxylic acids is 1. The molecule has 1 aromatic carbocycles. The van der Waals surface area contributed by atoms with E-state index in [1.165, 1.54) is 25.4 Å². The number of hydrogen-bond donors (Lipinski definition) is 2. The second-order valence-corrected chi connectivity index (χ2v) is 7.88. The lowest BCUT2D eigenvalue weighted by atomic mass is 10.0. The van der Waals surface area contributed by atoms with Crippen LogP contribution in [0.25, 0.3) is 0 Å². The van der Waals surface area contributed by atoms with Crippen molar-refractivity contribution < 1.29 is 19.4 Å². The second-order valence-electron chi connectivity index (χ2n) is 6.10. The number of carboxylic acid groups (broad SMARTS) is 1. The van der Waals surface area contributed by atoms with E-state index in [-0.39, 0.29) is 6.42 Å². The number of nitrogens with one attached hydrogen (secondary N) is 1. The number of halogens is 1. The molecule has 0 amide bonds. The molecule has 7 nitrogen and oxygen atoms in total. The number of nitrogens with zero attached hydrogens (tertiary/aromatic N) is 2. The van der Waals surface area contributed by atoms with Gasteiger partial charge in [0.15, 0.2) is 22.3 Å². The molecule has 0 saturated carbocycles. The van der Waals surface area contributed by atoms with Crippen LogP contribution >= 0.6 is 27.3 Å². The first kappa shape index (κ1) is 20.2. The first-order valence-corrected chi connectivity index (χ1v) is 9.95. The molecule has 1 unspecified atom stereocenters. The predicted octanol–water partition coefficient (Wildman–Crippen LogP) is 4.87. The van der Waals surface area contributed by atoms with E-state index in [0.29, 0.717) is 28.1 Å². The molecule has 2 N–H and O–H groups in total. The van der Waals surface area contributed by atoms with Crippen LogP contribution < -0.4 is 10.1 Å². The van der Waals surface area contributed by atoms with E-state index in [4.69, 9.17) is 9.47 Å². The molecule has 3 rings (SSSR count). The Hall–Kier alpha value is -2.49. The molecular weight excluding hydrogens is 446 g/mol. The number of carbonyl (C=O) groups is 1. The van der Waals surface area contributed by atoms with Crippen molar-refractivity contribution in [2.45, 2.75) is 18.9 Å². The summed E-state index contributed by atoms with van der Waals surface area (Å²) in [5.74, 6) is 0.679. The summed E-state index contributed by atoms with van der Waals surface area (Å²) >= 11 is 4.75. The van der Waals surface area contributed by atoms with Crippen LogP contribution in [0.5, 0.6) is 11.5 Å². The number of hydrogen-bond acceptors (Lipinski definition) is 7. The predicted molar refractivity (Wildman–Crippen MR) is 111 cm³/mol.